The predicted octanol–water partition coefficient (Wildman–Crippen LogP) is 6.53. The Kier molecular flexibility index (Phi) is 9.55. The van der Waals surface area contributed by atoms with Gasteiger partial charge in [0.2, 0.25) is 0 Å². The van der Waals surface area contributed by atoms with Crippen LogP contribution in [0.2, 0.25) is 10.0 Å². The van der Waals surface area contributed by atoms with Crippen molar-refractivity contribution >= 4 is 78.1 Å². The molecule has 0 unspecified atom stereocenters. The van der Waals surface area contributed by atoms with E-state index in [1.807, 2.05) is 12.1 Å². The van der Waals surface area contributed by atoms with Gasteiger partial charge >= 0.3 is 0 Å². The zero-order valence-corrected chi connectivity index (χ0v) is 17.4. The molecule has 2 rings (SSSR count). The average molecular weight is 502 g/mol. The Morgan fingerprint density at radius 2 is 1.57 bits per heavy atom. The minimum atomic E-state index is 0.147. The summed E-state index contributed by atoms with van der Waals surface area (Å²) in [5, 5.41) is 1.34. The minimum Gasteiger partial charge on any atom is -0.399 e. The molecule has 2 nitrogen and oxygen atoms in total. The van der Waals surface area contributed by atoms with Crippen molar-refractivity contribution in [3.8, 4) is 0 Å². The fourth-order valence-corrected chi connectivity index (χ4v) is 2.85. The highest BCUT2D eigenvalue weighted by Gasteiger charge is 2.04. The van der Waals surface area contributed by atoms with E-state index in [1.54, 1.807) is 24.3 Å². The summed E-state index contributed by atoms with van der Waals surface area (Å²) < 4.78 is 1.65. The zero-order chi connectivity index (χ0) is 17.4. The van der Waals surface area contributed by atoms with Crippen molar-refractivity contribution < 1.29 is 4.79 Å². The number of nitrogen functional groups attached to an aromatic ring is 1. The maximum Gasteiger partial charge on any atom is 0.138 e. The van der Waals surface area contributed by atoms with Crippen LogP contribution in [0.5, 0.6) is 0 Å². The van der Waals surface area contributed by atoms with Gasteiger partial charge in [-0.15, -0.1) is 11.6 Å². The normalized spacial score (nSPS) is 9.96. The molecule has 0 heterocycles. The number of benzene rings is 2. The molecule has 0 aromatic heterocycles. The molecule has 2 N–H and O–H groups in total. The summed E-state index contributed by atoms with van der Waals surface area (Å²) in [6, 6.07) is 10.7. The van der Waals surface area contributed by atoms with Gasteiger partial charge in [0.25, 0.3) is 0 Å². The number of halogens is 5. The number of Topliss-reactive ketones (excluding diaryl/α,β-unsaturated/α-hetero) is 1. The number of carbonyl (C=O) groups excluding carboxylic acids is 1. The molecule has 23 heavy (non-hydrogen) atoms. The van der Waals surface area contributed by atoms with Crippen LogP contribution in [0.3, 0.4) is 0 Å². The van der Waals surface area contributed by atoms with E-state index in [4.69, 9.17) is 40.5 Å². The first-order valence-electron chi connectivity index (χ1n) is 6.55. The quantitative estimate of drug-likeness (QED) is 0.382. The van der Waals surface area contributed by atoms with Crippen LogP contribution in [-0.4, -0.2) is 11.7 Å². The van der Waals surface area contributed by atoms with Crippen LogP contribution in [0.4, 0.5) is 5.69 Å². The Balaban J connectivity index is 0.000000253. The molecular formula is C16H14Br2Cl3NO. The van der Waals surface area contributed by atoms with E-state index in [-0.39, 0.29) is 5.78 Å². The Hall–Kier alpha value is -0.260. The second-order valence-electron chi connectivity index (χ2n) is 4.58. The molecule has 0 amide bonds. The van der Waals surface area contributed by atoms with Crippen LogP contribution >= 0.6 is 66.7 Å². The molecule has 0 radical (unpaired) electrons. The molecule has 0 aliphatic rings. The number of hydrogen-bond acceptors (Lipinski definition) is 2. The summed E-state index contributed by atoms with van der Waals surface area (Å²) in [6.45, 7) is 0. The van der Waals surface area contributed by atoms with E-state index in [1.165, 1.54) is 0 Å². The lowest BCUT2D eigenvalue weighted by atomic mass is 10.1. The molecule has 0 atom stereocenters. The molecule has 2 aromatic carbocycles. The Labute approximate surface area is 167 Å². The predicted molar refractivity (Wildman–Crippen MR) is 107 cm³/mol. The van der Waals surface area contributed by atoms with E-state index in [0.717, 1.165) is 14.5 Å². The monoisotopic (exact) mass is 499 g/mol. The highest BCUT2D eigenvalue weighted by molar-refractivity contribution is 9.10. The molecule has 7 heteroatoms. The van der Waals surface area contributed by atoms with Crippen LogP contribution in [-0.2, 0) is 11.2 Å². The number of hydrogen-bond donors (Lipinski definition) is 1. The van der Waals surface area contributed by atoms with Gasteiger partial charge < -0.3 is 5.73 Å². The number of anilines is 1. The van der Waals surface area contributed by atoms with Crippen LogP contribution in [0.15, 0.2) is 45.3 Å². The first kappa shape index (κ1) is 20.8. The van der Waals surface area contributed by atoms with Gasteiger partial charge in [-0.25, -0.2) is 0 Å². The Bertz CT molecular complexity index is 680. The summed E-state index contributed by atoms with van der Waals surface area (Å²) in [5.74, 6) is 0.530. The van der Waals surface area contributed by atoms with Crippen molar-refractivity contribution in [3.05, 3.63) is 61.0 Å². The highest BCUT2D eigenvalue weighted by Crippen LogP contribution is 2.24. The molecule has 124 valence electrons. The van der Waals surface area contributed by atoms with Gasteiger partial charge in [-0.1, -0.05) is 29.3 Å². The largest absolute Gasteiger partial charge is 0.399 e. The van der Waals surface area contributed by atoms with Gasteiger partial charge in [-0.2, -0.15) is 0 Å². The summed E-state index contributed by atoms with van der Waals surface area (Å²) >= 11 is 23.5. The van der Waals surface area contributed by atoms with E-state index in [0.29, 0.717) is 34.5 Å². The third kappa shape index (κ3) is 7.90. The summed E-state index contributed by atoms with van der Waals surface area (Å²) in [5.41, 5.74) is 7.11. The summed E-state index contributed by atoms with van der Waals surface area (Å²) in [4.78, 5) is 11.3. The van der Waals surface area contributed by atoms with Crippen LogP contribution in [0.25, 0.3) is 0 Å². The summed E-state index contributed by atoms with van der Waals surface area (Å²) in [7, 11) is 0. The van der Waals surface area contributed by atoms with Crippen LogP contribution in [0, 0.1) is 0 Å². The van der Waals surface area contributed by atoms with Gasteiger partial charge in [0.1, 0.15) is 5.78 Å². The lowest BCUT2D eigenvalue weighted by molar-refractivity contribution is -0.118. The SMILES string of the molecule is Nc1ccc(Cl)c(Br)c1.O=C(CCCl)Cc1ccc(Cl)c(Br)c1. The van der Waals surface area contributed by atoms with E-state index in [2.05, 4.69) is 31.9 Å². The molecule has 0 aliphatic heterocycles. The van der Waals surface area contributed by atoms with Crippen molar-refractivity contribution in [2.75, 3.05) is 11.6 Å². The van der Waals surface area contributed by atoms with Crippen molar-refractivity contribution in [2.24, 2.45) is 0 Å². The third-order valence-corrected chi connectivity index (χ3v) is 5.32. The third-order valence-electron chi connectivity index (χ3n) is 2.70. The smallest absolute Gasteiger partial charge is 0.138 e. The Morgan fingerprint density at radius 1 is 1.00 bits per heavy atom. The first-order chi connectivity index (χ1) is 10.8. The standard InChI is InChI=1S/C10H9BrCl2O.C6H5BrClN/c11-9-6-7(1-2-10(9)13)5-8(14)3-4-12;7-5-3-4(9)1-2-6(5)8/h1-2,6H,3-5H2;1-3H,9H2. The van der Waals surface area contributed by atoms with Crippen LogP contribution in [0.1, 0.15) is 12.0 Å². The van der Waals surface area contributed by atoms with Crippen molar-refractivity contribution in [1.29, 1.82) is 0 Å². The van der Waals surface area contributed by atoms with E-state index in [9.17, 15) is 4.79 Å². The molecule has 0 fully saturated rings. The van der Waals surface area contributed by atoms with Gasteiger partial charge in [0.15, 0.2) is 0 Å². The Morgan fingerprint density at radius 3 is 2.04 bits per heavy atom. The zero-order valence-electron chi connectivity index (χ0n) is 12.0. The van der Waals surface area contributed by atoms with E-state index >= 15 is 0 Å². The first-order valence-corrected chi connectivity index (χ1v) is 9.43. The van der Waals surface area contributed by atoms with Crippen molar-refractivity contribution in [1.82, 2.24) is 0 Å². The number of rotatable bonds is 4. The van der Waals surface area contributed by atoms with Crippen LogP contribution < -0.4 is 5.73 Å². The fourth-order valence-electron chi connectivity index (χ4n) is 1.58. The fraction of sp³-hybridized carbons (Fsp3) is 0.188. The lowest BCUT2D eigenvalue weighted by Crippen LogP contribution is -2.02. The molecule has 0 bridgehead atoms. The number of carbonyl (C=O) groups is 1. The van der Waals surface area contributed by atoms with Gasteiger partial charge in [-0.3, -0.25) is 4.79 Å². The molecule has 2 aromatic rings. The van der Waals surface area contributed by atoms with Gasteiger partial charge in [0.05, 0.1) is 10.0 Å². The molecule has 0 saturated heterocycles. The molecule has 0 saturated carbocycles. The maximum atomic E-state index is 11.3. The van der Waals surface area contributed by atoms with Crippen molar-refractivity contribution in [3.63, 3.8) is 0 Å². The average Bonchev–Trinajstić information content (AvgIpc) is 2.48. The maximum absolute atomic E-state index is 11.3. The van der Waals surface area contributed by atoms with E-state index < -0.39 is 0 Å². The number of ketones is 1. The second-order valence-corrected chi connectivity index (χ2v) is 7.48. The molecule has 0 aliphatic carbocycles. The number of nitrogens with two attached hydrogens (primary N) is 1. The minimum absolute atomic E-state index is 0.147. The second kappa shape index (κ2) is 10.6. The van der Waals surface area contributed by atoms with Gasteiger partial charge in [-0.05, 0) is 67.8 Å². The molecule has 0 spiro atoms. The van der Waals surface area contributed by atoms with Gasteiger partial charge in [0, 0.05) is 33.4 Å². The van der Waals surface area contributed by atoms with Crippen molar-refractivity contribution in [2.45, 2.75) is 12.8 Å². The topological polar surface area (TPSA) is 43.1 Å². The lowest BCUT2D eigenvalue weighted by Gasteiger charge is -2.01. The molecular weight excluding hydrogens is 488 g/mol. The highest BCUT2D eigenvalue weighted by atomic mass is 79.9. The number of alkyl halides is 1. The summed E-state index contributed by atoms with van der Waals surface area (Å²) in [6.07, 6.45) is 0.838.